The highest BCUT2D eigenvalue weighted by atomic mass is 32.2. The first-order valence-electron chi connectivity index (χ1n) is 7.14. The smallest absolute Gasteiger partial charge is 0.319 e. The summed E-state index contributed by atoms with van der Waals surface area (Å²) in [5, 5.41) is 14.7. The van der Waals surface area contributed by atoms with Gasteiger partial charge in [-0.05, 0) is 35.8 Å². The van der Waals surface area contributed by atoms with E-state index in [1.54, 1.807) is 11.8 Å². The lowest BCUT2D eigenvalue weighted by atomic mass is 9.87. The number of benzene rings is 1. The lowest BCUT2D eigenvalue weighted by Crippen LogP contribution is -2.40. The number of amides is 2. The summed E-state index contributed by atoms with van der Waals surface area (Å²) in [5.74, 6) is 0.789. The zero-order valence-electron chi connectivity index (χ0n) is 13.3. The van der Waals surface area contributed by atoms with Gasteiger partial charge in [-0.2, -0.15) is 11.8 Å². The number of aliphatic hydroxyl groups excluding tert-OH is 1. The Morgan fingerprint density at radius 3 is 2.38 bits per heavy atom. The second-order valence-electron chi connectivity index (χ2n) is 6.09. The quantitative estimate of drug-likeness (QED) is 0.756. The van der Waals surface area contributed by atoms with E-state index in [4.69, 9.17) is 5.11 Å². The van der Waals surface area contributed by atoms with Crippen LogP contribution in [0.2, 0.25) is 0 Å². The van der Waals surface area contributed by atoms with Gasteiger partial charge in [0.05, 0.1) is 0 Å². The minimum absolute atomic E-state index is 0.0150. The molecule has 0 aliphatic rings. The number of rotatable bonds is 6. The number of urea groups is 1. The van der Waals surface area contributed by atoms with Crippen molar-refractivity contribution in [2.45, 2.75) is 38.6 Å². The average molecular weight is 310 g/mol. The lowest BCUT2D eigenvalue weighted by molar-refractivity contribution is 0.241. The summed E-state index contributed by atoms with van der Waals surface area (Å²) in [6.07, 6.45) is 2.55. The first kappa shape index (κ1) is 17.9. The summed E-state index contributed by atoms with van der Waals surface area (Å²) in [6.45, 7) is 6.55. The second-order valence-corrected chi connectivity index (χ2v) is 7.00. The third-order valence-corrected chi connectivity index (χ3v) is 3.93. The molecule has 1 aromatic carbocycles. The molecule has 1 atom stereocenters. The van der Waals surface area contributed by atoms with E-state index in [0.29, 0.717) is 6.42 Å². The lowest BCUT2D eigenvalue weighted by Gasteiger charge is -2.20. The first-order valence-corrected chi connectivity index (χ1v) is 8.54. The predicted octanol–water partition coefficient (Wildman–Crippen LogP) is 3.22. The maximum atomic E-state index is 11.9. The van der Waals surface area contributed by atoms with E-state index in [0.717, 1.165) is 11.4 Å². The summed E-state index contributed by atoms with van der Waals surface area (Å²) in [5.41, 5.74) is 2.10. The molecule has 21 heavy (non-hydrogen) atoms. The van der Waals surface area contributed by atoms with E-state index in [2.05, 4.69) is 31.4 Å². The van der Waals surface area contributed by atoms with Gasteiger partial charge in [-0.25, -0.2) is 4.79 Å². The van der Waals surface area contributed by atoms with E-state index >= 15 is 0 Å². The standard InChI is InChI=1S/C16H26N2O2S/c1-16(2,3)12-5-7-13(8-6-12)17-15(20)18-14(9-10-19)11-21-4/h5-8,14,19H,9-11H2,1-4H3,(H2,17,18,20). The largest absolute Gasteiger partial charge is 0.396 e. The molecule has 1 unspecified atom stereocenters. The van der Waals surface area contributed by atoms with E-state index in [-0.39, 0.29) is 24.1 Å². The molecule has 4 nitrogen and oxygen atoms in total. The molecule has 0 radical (unpaired) electrons. The molecule has 118 valence electrons. The van der Waals surface area contributed by atoms with Crippen molar-refractivity contribution in [2.24, 2.45) is 0 Å². The third kappa shape index (κ3) is 6.40. The van der Waals surface area contributed by atoms with Gasteiger partial charge in [-0.3, -0.25) is 0 Å². The predicted molar refractivity (Wildman–Crippen MR) is 91.2 cm³/mol. The number of nitrogens with one attached hydrogen (secondary N) is 2. The molecule has 3 N–H and O–H groups in total. The van der Waals surface area contributed by atoms with Gasteiger partial charge in [0, 0.05) is 24.1 Å². The van der Waals surface area contributed by atoms with Crippen molar-refractivity contribution in [2.75, 3.05) is 23.9 Å². The van der Waals surface area contributed by atoms with Crippen LogP contribution in [0.1, 0.15) is 32.8 Å². The Morgan fingerprint density at radius 2 is 1.90 bits per heavy atom. The third-order valence-electron chi connectivity index (χ3n) is 3.19. The molecule has 0 aliphatic heterocycles. The summed E-state index contributed by atoms with van der Waals surface area (Å²) in [6, 6.07) is 7.64. The van der Waals surface area contributed by atoms with Gasteiger partial charge < -0.3 is 15.7 Å². The van der Waals surface area contributed by atoms with Gasteiger partial charge in [-0.1, -0.05) is 32.9 Å². The Bertz CT molecular complexity index is 435. The molecule has 0 bridgehead atoms. The summed E-state index contributed by atoms with van der Waals surface area (Å²) in [4.78, 5) is 11.9. The van der Waals surface area contributed by atoms with Crippen molar-refractivity contribution < 1.29 is 9.90 Å². The molecule has 1 aromatic rings. The average Bonchev–Trinajstić information content (AvgIpc) is 2.38. The molecule has 5 heteroatoms. The fourth-order valence-corrected chi connectivity index (χ4v) is 2.61. The van der Waals surface area contributed by atoms with Crippen LogP contribution in [0.25, 0.3) is 0 Å². The Labute approximate surface area is 131 Å². The second kappa shape index (κ2) is 8.29. The van der Waals surface area contributed by atoms with Crippen LogP contribution in [0.15, 0.2) is 24.3 Å². The van der Waals surface area contributed by atoms with Crippen LogP contribution in [0.3, 0.4) is 0 Å². The highest BCUT2D eigenvalue weighted by molar-refractivity contribution is 7.98. The highest BCUT2D eigenvalue weighted by Gasteiger charge is 2.14. The molecule has 2 amide bonds. The minimum atomic E-state index is -0.231. The molecule has 0 heterocycles. The minimum Gasteiger partial charge on any atom is -0.396 e. The number of thioether (sulfide) groups is 1. The van der Waals surface area contributed by atoms with Gasteiger partial charge in [-0.15, -0.1) is 0 Å². The van der Waals surface area contributed by atoms with Crippen LogP contribution in [0.4, 0.5) is 10.5 Å². The molecule has 0 saturated carbocycles. The summed E-state index contributed by atoms with van der Waals surface area (Å²) in [7, 11) is 0. The van der Waals surface area contributed by atoms with Crippen molar-refractivity contribution in [3.8, 4) is 0 Å². The summed E-state index contributed by atoms with van der Waals surface area (Å²) < 4.78 is 0. The zero-order valence-corrected chi connectivity index (χ0v) is 14.1. The summed E-state index contributed by atoms with van der Waals surface area (Å²) >= 11 is 1.65. The normalized spacial score (nSPS) is 12.8. The van der Waals surface area contributed by atoms with Crippen LogP contribution in [-0.2, 0) is 5.41 Å². The Kier molecular flexibility index (Phi) is 7.05. The molecule has 0 spiro atoms. The van der Waals surface area contributed by atoms with Gasteiger partial charge in [0.25, 0.3) is 0 Å². The maximum absolute atomic E-state index is 11.9. The number of hydrogen-bond donors (Lipinski definition) is 3. The molecule has 0 fully saturated rings. The maximum Gasteiger partial charge on any atom is 0.319 e. The van der Waals surface area contributed by atoms with Crippen LogP contribution in [0, 0.1) is 0 Å². The topological polar surface area (TPSA) is 61.4 Å². The van der Waals surface area contributed by atoms with E-state index in [1.807, 2.05) is 30.5 Å². The van der Waals surface area contributed by atoms with E-state index in [9.17, 15) is 4.79 Å². The van der Waals surface area contributed by atoms with Crippen molar-refractivity contribution in [1.82, 2.24) is 5.32 Å². The van der Waals surface area contributed by atoms with Crippen molar-refractivity contribution in [3.05, 3.63) is 29.8 Å². The van der Waals surface area contributed by atoms with Crippen molar-refractivity contribution >= 4 is 23.5 Å². The van der Waals surface area contributed by atoms with Crippen LogP contribution in [-0.4, -0.2) is 35.8 Å². The molecular formula is C16H26N2O2S. The Morgan fingerprint density at radius 1 is 1.29 bits per heavy atom. The van der Waals surface area contributed by atoms with Crippen LogP contribution < -0.4 is 10.6 Å². The fourth-order valence-electron chi connectivity index (χ4n) is 1.96. The van der Waals surface area contributed by atoms with Crippen LogP contribution in [0.5, 0.6) is 0 Å². The fraction of sp³-hybridized carbons (Fsp3) is 0.562. The number of anilines is 1. The number of hydrogen-bond acceptors (Lipinski definition) is 3. The molecule has 1 rings (SSSR count). The molecule has 0 aromatic heterocycles. The van der Waals surface area contributed by atoms with Crippen molar-refractivity contribution in [3.63, 3.8) is 0 Å². The van der Waals surface area contributed by atoms with Gasteiger partial charge in [0.2, 0.25) is 0 Å². The number of aliphatic hydroxyl groups is 1. The monoisotopic (exact) mass is 310 g/mol. The zero-order chi connectivity index (χ0) is 15.9. The van der Waals surface area contributed by atoms with Crippen molar-refractivity contribution in [1.29, 1.82) is 0 Å². The first-order chi connectivity index (χ1) is 9.86. The van der Waals surface area contributed by atoms with Gasteiger partial charge in [0.1, 0.15) is 0 Å². The van der Waals surface area contributed by atoms with E-state index in [1.165, 1.54) is 5.56 Å². The Balaban J connectivity index is 2.58. The van der Waals surface area contributed by atoms with Gasteiger partial charge >= 0.3 is 6.03 Å². The number of carbonyl (C=O) groups excluding carboxylic acids is 1. The van der Waals surface area contributed by atoms with Crippen LogP contribution >= 0.6 is 11.8 Å². The molecule has 0 saturated heterocycles. The molecular weight excluding hydrogens is 284 g/mol. The van der Waals surface area contributed by atoms with E-state index < -0.39 is 0 Å². The highest BCUT2D eigenvalue weighted by Crippen LogP contribution is 2.23. The Hall–Kier alpha value is -1.20. The van der Waals surface area contributed by atoms with Gasteiger partial charge in [0.15, 0.2) is 0 Å². The number of carbonyl (C=O) groups is 1. The SMILES string of the molecule is CSCC(CCO)NC(=O)Nc1ccc(C(C)(C)C)cc1. The molecule has 0 aliphatic carbocycles.